The molecule has 0 aliphatic rings. The first-order valence-electron chi connectivity index (χ1n) is 6.91. The fourth-order valence-electron chi connectivity index (χ4n) is 2.00. The highest BCUT2D eigenvalue weighted by atomic mass is 32.1. The molecular weight excluding hydrogens is 270 g/mol. The summed E-state index contributed by atoms with van der Waals surface area (Å²) in [5, 5.41) is 7.15. The molecule has 112 valence electrons. The molecule has 1 aromatic rings. The summed E-state index contributed by atoms with van der Waals surface area (Å²) in [5.74, 6) is 0.903. The minimum absolute atomic E-state index is 0.201. The van der Waals surface area contributed by atoms with E-state index in [2.05, 4.69) is 42.6 Å². The van der Waals surface area contributed by atoms with Crippen LogP contribution in [0.25, 0.3) is 0 Å². The van der Waals surface area contributed by atoms with E-state index in [0.29, 0.717) is 5.11 Å². The van der Waals surface area contributed by atoms with Crippen molar-refractivity contribution in [3.8, 4) is 5.75 Å². The highest BCUT2D eigenvalue weighted by Gasteiger charge is 2.18. The minimum Gasteiger partial charge on any atom is -0.496 e. The molecule has 0 aliphatic heterocycles. The van der Waals surface area contributed by atoms with Crippen molar-refractivity contribution >= 4 is 17.3 Å². The second-order valence-corrected chi connectivity index (χ2v) is 5.27. The molecule has 0 aliphatic carbocycles. The van der Waals surface area contributed by atoms with Gasteiger partial charge in [0.15, 0.2) is 5.11 Å². The Labute approximate surface area is 127 Å². The van der Waals surface area contributed by atoms with Crippen LogP contribution in [-0.2, 0) is 0 Å². The predicted molar refractivity (Wildman–Crippen MR) is 88.3 cm³/mol. The van der Waals surface area contributed by atoms with Gasteiger partial charge in [-0.1, -0.05) is 25.1 Å². The number of rotatable bonds is 7. The summed E-state index contributed by atoms with van der Waals surface area (Å²) in [6, 6.07) is 8.29. The molecule has 0 saturated carbocycles. The summed E-state index contributed by atoms with van der Waals surface area (Å²) in [6.07, 6.45) is 1.06. The Morgan fingerprint density at radius 1 is 1.30 bits per heavy atom. The summed E-state index contributed by atoms with van der Waals surface area (Å²) in [7, 11) is 5.81. The quantitative estimate of drug-likeness (QED) is 0.754. The maximum atomic E-state index is 5.45. The zero-order valence-electron chi connectivity index (χ0n) is 12.8. The van der Waals surface area contributed by atoms with Crippen LogP contribution < -0.4 is 15.4 Å². The van der Waals surface area contributed by atoms with Crippen molar-refractivity contribution in [1.82, 2.24) is 15.5 Å². The summed E-state index contributed by atoms with van der Waals surface area (Å²) < 4.78 is 5.45. The first kappa shape index (κ1) is 16.7. The number of nitrogens with zero attached hydrogens (tertiary/aromatic N) is 1. The monoisotopic (exact) mass is 295 g/mol. The Hall–Kier alpha value is -1.33. The Bertz CT molecular complexity index is 423. The highest BCUT2D eigenvalue weighted by Crippen LogP contribution is 2.27. The topological polar surface area (TPSA) is 36.5 Å². The second kappa shape index (κ2) is 8.76. The van der Waals surface area contributed by atoms with Crippen molar-refractivity contribution in [2.75, 3.05) is 34.3 Å². The van der Waals surface area contributed by atoms with E-state index in [1.54, 1.807) is 7.11 Å². The lowest BCUT2D eigenvalue weighted by Crippen LogP contribution is -2.40. The molecule has 0 fully saturated rings. The van der Waals surface area contributed by atoms with Crippen LogP contribution in [0.5, 0.6) is 5.75 Å². The van der Waals surface area contributed by atoms with Crippen molar-refractivity contribution in [3.63, 3.8) is 0 Å². The smallest absolute Gasteiger partial charge is 0.166 e. The number of ether oxygens (including phenoxy) is 1. The van der Waals surface area contributed by atoms with E-state index in [1.807, 2.05) is 18.2 Å². The predicted octanol–water partition coefficient (Wildman–Crippen LogP) is 2.17. The standard InChI is InChI=1S/C15H25N3OS/c1-5-10-16-15(20)17-11-13(18(2)3)12-8-6-7-9-14(12)19-4/h6-9,13H,5,10-11H2,1-4H3,(H2,16,17,20). The minimum atomic E-state index is 0.201. The van der Waals surface area contributed by atoms with Gasteiger partial charge in [0.05, 0.1) is 13.2 Å². The van der Waals surface area contributed by atoms with E-state index in [9.17, 15) is 0 Å². The molecule has 0 saturated heterocycles. The summed E-state index contributed by atoms with van der Waals surface area (Å²) in [6.45, 7) is 3.75. The molecule has 5 heteroatoms. The van der Waals surface area contributed by atoms with E-state index < -0.39 is 0 Å². The molecule has 1 rings (SSSR count). The van der Waals surface area contributed by atoms with Crippen LogP contribution in [0.15, 0.2) is 24.3 Å². The number of likely N-dealkylation sites (N-methyl/N-ethyl adjacent to an activating group) is 1. The number of hydrogen-bond acceptors (Lipinski definition) is 3. The fourth-order valence-corrected chi connectivity index (χ4v) is 2.19. The van der Waals surface area contributed by atoms with Crippen LogP contribution >= 0.6 is 12.2 Å². The fraction of sp³-hybridized carbons (Fsp3) is 0.533. The molecule has 0 spiro atoms. The number of hydrogen-bond donors (Lipinski definition) is 2. The Kier molecular flexibility index (Phi) is 7.33. The van der Waals surface area contributed by atoms with Gasteiger partial charge in [-0.2, -0.15) is 0 Å². The zero-order chi connectivity index (χ0) is 15.0. The molecule has 0 radical (unpaired) electrons. The molecule has 4 nitrogen and oxygen atoms in total. The van der Waals surface area contributed by atoms with Crippen molar-refractivity contribution in [2.24, 2.45) is 0 Å². The van der Waals surface area contributed by atoms with Crippen LogP contribution in [0.2, 0.25) is 0 Å². The highest BCUT2D eigenvalue weighted by molar-refractivity contribution is 7.80. The van der Waals surface area contributed by atoms with Gasteiger partial charge in [-0.15, -0.1) is 0 Å². The van der Waals surface area contributed by atoms with E-state index >= 15 is 0 Å². The van der Waals surface area contributed by atoms with E-state index in [-0.39, 0.29) is 6.04 Å². The largest absolute Gasteiger partial charge is 0.496 e. The molecule has 1 aromatic carbocycles. The molecule has 20 heavy (non-hydrogen) atoms. The first-order chi connectivity index (χ1) is 9.60. The van der Waals surface area contributed by atoms with Crippen molar-refractivity contribution in [2.45, 2.75) is 19.4 Å². The summed E-state index contributed by atoms with van der Waals surface area (Å²) in [5.41, 5.74) is 1.16. The van der Waals surface area contributed by atoms with Crippen LogP contribution in [0.1, 0.15) is 24.9 Å². The molecule has 2 N–H and O–H groups in total. The van der Waals surface area contributed by atoms with Gasteiger partial charge in [-0.3, -0.25) is 0 Å². The molecule has 1 atom stereocenters. The Balaban J connectivity index is 2.72. The van der Waals surface area contributed by atoms with Gasteiger partial charge in [0.2, 0.25) is 0 Å². The third-order valence-corrected chi connectivity index (χ3v) is 3.40. The number of thiocarbonyl (C=S) groups is 1. The maximum absolute atomic E-state index is 5.45. The third kappa shape index (κ3) is 4.98. The van der Waals surface area contributed by atoms with Crippen molar-refractivity contribution < 1.29 is 4.74 Å². The van der Waals surface area contributed by atoms with Crippen LogP contribution in [-0.4, -0.2) is 44.3 Å². The van der Waals surface area contributed by atoms with Crippen molar-refractivity contribution in [3.05, 3.63) is 29.8 Å². The van der Waals surface area contributed by atoms with E-state index in [4.69, 9.17) is 17.0 Å². The van der Waals surface area contributed by atoms with Crippen molar-refractivity contribution in [1.29, 1.82) is 0 Å². The molecular formula is C15H25N3OS. The van der Waals surface area contributed by atoms with Gasteiger partial charge < -0.3 is 20.3 Å². The van der Waals surface area contributed by atoms with Crippen LogP contribution in [0.4, 0.5) is 0 Å². The average Bonchev–Trinajstić information content (AvgIpc) is 2.45. The molecule has 0 bridgehead atoms. The van der Waals surface area contributed by atoms with E-state index in [1.165, 1.54) is 0 Å². The van der Waals surface area contributed by atoms with Gasteiger partial charge in [-0.05, 0) is 38.8 Å². The van der Waals surface area contributed by atoms with E-state index in [0.717, 1.165) is 30.8 Å². The lowest BCUT2D eigenvalue weighted by atomic mass is 10.0. The number of para-hydroxylation sites is 1. The summed E-state index contributed by atoms with van der Waals surface area (Å²) in [4.78, 5) is 2.16. The van der Waals surface area contributed by atoms with Gasteiger partial charge in [0.25, 0.3) is 0 Å². The molecule has 1 unspecified atom stereocenters. The molecule has 0 heterocycles. The molecule has 0 amide bonds. The average molecular weight is 295 g/mol. The van der Waals surface area contributed by atoms with Crippen LogP contribution in [0, 0.1) is 0 Å². The Morgan fingerprint density at radius 3 is 2.60 bits per heavy atom. The zero-order valence-corrected chi connectivity index (χ0v) is 13.6. The lowest BCUT2D eigenvalue weighted by molar-refractivity contribution is 0.288. The second-order valence-electron chi connectivity index (χ2n) is 4.86. The van der Waals surface area contributed by atoms with Gasteiger partial charge in [0.1, 0.15) is 5.75 Å². The van der Waals surface area contributed by atoms with Gasteiger partial charge in [0, 0.05) is 18.7 Å². The SMILES string of the molecule is CCCNC(=S)NCC(c1ccccc1OC)N(C)C. The number of benzene rings is 1. The first-order valence-corrected chi connectivity index (χ1v) is 7.32. The number of methoxy groups -OCH3 is 1. The number of nitrogens with one attached hydrogen (secondary N) is 2. The maximum Gasteiger partial charge on any atom is 0.166 e. The third-order valence-electron chi connectivity index (χ3n) is 3.11. The normalized spacial score (nSPS) is 12.1. The summed E-state index contributed by atoms with van der Waals surface area (Å²) >= 11 is 5.26. The Morgan fingerprint density at radius 2 is 2.00 bits per heavy atom. The van der Waals surface area contributed by atoms with Gasteiger partial charge in [-0.25, -0.2) is 0 Å². The van der Waals surface area contributed by atoms with Gasteiger partial charge >= 0.3 is 0 Å². The lowest BCUT2D eigenvalue weighted by Gasteiger charge is -2.27. The molecule has 0 aromatic heterocycles. The van der Waals surface area contributed by atoms with Crippen LogP contribution in [0.3, 0.4) is 0 Å².